The molecule has 2 atom stereocenters. The second kappa shape index (κ2) is 10.6. The van der Waals surface area contributed by atoms with Crippen LogP contribution in [0.2, 0.25) is 0 Å². The van der Waals surface area contributed by atoms with Gasteiger partial charge in [0.05, 0.1) is 12.2 Å². The minimum Gasteiger partial charge on any atom is -0.423 e. The summed E-state index contributed by atoms with van der Waals surface area (Å²) in [7, 11) is 0. The van der Waals surface area contributed by atoms with E-state index in [-0.39, 0.29) is 18.0 Å². The van der Waals surface area contributed by atoms with E-state index in [2.05, 4.69) is 36.1 Å². The van der Waals surface area contributed by atoms with Gasteiger partial charge in [-0.2, -0.15) is 0 Å². The lowest BCUT2D eigenvalue weighted by Crippen LogP contribution is -2.42. The number of carbonyl (C=O) groups excluding carboxylic acids is 2. The molecule has 1 fully saturated rings. The number of para-hydroxylation sites is 1. The summed E-state index contributed by atoms with van der Waals surface area (Å²) in [6.45, 7) is 7.11. The van der Waals surface area contributed by atoms with Gasteiger partial charge in [0.15, 0.2) is 11.5 Å². The zero-order chi connectivity index (χ0) is 24.2. The number of carbonyl (C=O) groups is 2. The first kappa shape index (κ1) is 24.2. The van der Waals surface area contributed by atoms with E-state index in [0.717, 1.165) is 43.5 Å². The molecule has 0 amide bonds. The van der Waals surface area contributed by atoms with Crippen molar-refractivity contribution in [3.05, 3.63) is 53.1 Å². The molecule has 0 unspecified atom stereocenters. The highest BCUT2D eigenvalue weighted by Crippen LogP contribution is 2.44. The minimum absolute atomic E-state index is 0.0495. The van der Waals surface area contributed by atoms with Gasteiger partial charge >= 0.3 is 11.9 Å². The number of piperidine rings is 1. The van der Waals surface area contributed by atoms with Gasteiger partial charge in [0.2, 0.25) is 0 Å². The third kappa shape index (κ3) is 5.10. The molecule has 2 heterocycles. The van der Waals surface area contributed by atoms with Crippen LogP contribution >= 0.6 is 0 Å². The van der Waals surface area contributed by atoms with Crippen LogP contribution in [0.4, 0.5) is 5.69 Å². The number of aryl methyl sites for hydroxylation is 1. The van der Waals surface area contributed by atoms with Gasteiger partial charge in [0.25, 0.3) is 0 Å². The molecule has 2 aliphatic rings. The van der Waals surface area contributed by atoms with Gasteiger partial charge in [-0.3, -0.25) is 9.59 Å². The fourth-order valence-electron chi connectivity index (χ4n) is 5.25. The maximum Gasteiger partial charge on any atom is 0.308 e. The number of rotatable bonds is 6. The van der Waals surface area contributed by atoms with Gasteiger partial charge in [-0.25, -0.2) is 0 Å². The number of esters is 2. The maximum atomic E-state index is 11.9. The summed E-state index contributed by atoms with van der Waals surface area (Å²) in [5, 5.41) is 0. The molecule has 0 radical (unpaired) electrons. The number of nitrogens with two attached hydrogens (primary N) is 1. The van der Waals surface area contributed by atoms with Crippen LogP contribution in [-0.2, 0) is 27.2 Å². The van der Waals surface area contributed by atoms with Crippen molar-refractivity contribution in [3.8, 4) is 11.5 Å². The Bertz CT molecular complexity index is 1050. The Kier molecular flexibility index (Phi) is 7.54. The monoisotopic (exact) mass is 466 g/mol. The van der Waals surface area contributed by atoms with Crippen molar-refractivity contribution in [2.75, 3.05) is 24.5 Å². The van der Waals surface area contributed by atoms with Crippen LogP contribution in [0, 0.1) is 5.92 Å². The number of ether oxygens (including phenoxy) is 3. The Morgan fingerprint density at radius 3 is 2.41 bits per heavy atom. The molecule has 0 aromatic heterocycles. The van der Waals surface area contributed by atoms with Crippen LogP contribution in [0.15, 0.2) is 36.4 Å². The van der Waals surface area contributed by atoms with E-state index in [1.54, 1.807) is 6.07 Å². The molecule has 1 saturated heterocycles. The normalized spacial score (nSPS) is 20.5. The summed E-state index contributed by atoms with van der Waals surface area (Å²) < 4.78 is 17.4. The molecule has 0 spiro atoms. The highest BCUT2D eigenvalue weighted by molar-refractivity contribution is 5.75. The number of nitrogens with zero attached hydrogens (tertiary/aromatic N) is 1. The van der Waals surface area contributed by atoms with Gasteiger partial charge in [0, 0.05) is 51.2 Å². The third-order valence-electron chi connectivity index (χ3n) is 6.84. The Morgan fingerprint density at radius 2 is 1.76 bits per heavy atom. The predicted octanol–water partition coefficient (Wildman–Crippen LogP) is 3.96. The first-order valence-corrected chi connectivity index (χ1v) is 12.1. The number of fused-ring (bicyclic) bond motifs is 1. The number of hydrogen-bond donors (Lipinski definition) is 1. The van der Waals surface area contributed by atoms with Gasteiger partial charge < -0.3 is 24.8 Å². The Labute approximate surface area is 201 Å². The standard InChI is InChI=1S/C27H34N2O5/c1-4-19-7-5-6-8-23(19)29-13-11-20(12-14-29)25-15-22-21(26(16-28)34-25)9-10-24(32-17(2)30)27(22)33-18(3)31/h5-10,20,25-26H,4,11-16,28H2,1-3H3/t25-,26-/m0/s1. The molecule has 0 saturated carbocycles. The zero-order valence-electron chi connectivity index (χ0n) is 20.2. The number of hydrogen-bond acceptors (Lipinski definition) is 7. The average molecular weight is 467 g/mol. The molecular formula is C27H34N2O5. The quantitative estimate of drug-likeness (QED) is 0.509. The molecule has 2 aliphatic heterocycles. The summed E-state index contributed by atoms with van der Waals surface area (Å²) in [6.07, 6.45) is 3.25. The van der Waals surface area contributed by atoms with Crippen molar-refractivity contribution >= 4 is 17.6 Å². The summed E-state index contributed by atoms with van der Waals surface area (Å²) in [5.74, 6) is -0.0102. The van der Waals surface area contributed by atoms with Crippen molar-refractivity contribution < 1.29 is 23.8 Å². The topological polar surface area (TPSA) is 91.1 Å². The highest BCUT2D eigenvalue weighted by atomic mass is 16.6. The van der Waals surface area contributed by atoms with E-state index in [1.807, 2.05) is 6.07 Å². The Morgan fingerprint density at radius 1 is 1.06 bits per heavy atom. The van der Waals surface area contributed by atoms with E-state index in [0.29, 0.717) is 24.6 Å². The average Bonchev–Trinajstić information content (AvgIpc) is 2.84. The maximum absolute atomic E-state index is 11.9. The van der Waals surface area contributed by atoms with Crippen LogP contribution in [0.5, 0.6) is 11.5 Å². The molecule has 2 N–H and O–H groups in total. The van der Waals surface area contributed by atoms with E-state index in [1.165, 1.54) is 25.1 Å². The molecule has 0 bridgehead atoms. The number of benzene rings is 2. The van der Waals surface area contributed by atoms with Crippen molar-refractivity contribution in [1.82, 2.24) is 0 Å². The molecule has 4 rings (SSSR count). The van der Waals surface area contributed by atoms with Crippen LogP contribution in [-0.4, -0.2) is 37.7 Å². The van der Waals surface area contributed by atoms with Gasteiger partial charge in [-0.1, -0.05) is 31.2 Å². The molecule has 2 aromatic carbocycles. The van der Waals surface area contributed by atoms with Gasteiger partial charge in [0.1, 0.15) is 0 Å². The largest absolute Gasteiger partial charge is 0.423 e. The lowest BCUT2D eigenvalue weighted by Gasteiger charge is -2.41. The first-order valence-electron chi connectivity index (χ1n) is 12.1. The van der Waals surface area contributed by atoms with E-state index >= 15 is 0 Å². The molecule has 182 valence electrons. The van der Waals surface area contributed by atoms with Crippen molar-refractivity contribution in [2.24, 2.45) is 11.7 Å². The van der Waals surface area contributed by atoms with Crippen LogP contribution < -0.4 is 20.1 Å². The summed E-state index contributed by atoms with van der Waals surface area (Å²) in [5.41, 5.74) is 10.5. The van der Waals surface area contributed by atoms with Gasteiger partial charge in [-0.15, -0.1) is 0 Å². The Balaban J connectivity index is 1.56. The second-order valence-corrected chi connectivity index (χ2v) is 9.06. The highest BCUT2D eigenvalue weighted by Gasteiger charge is 2.37. The fraction of sp³-hybridized carbons (Fsp3) is 0.481. The predicted molar refractivity (Wildman–Crippen MR) is 130 cm³/mol. The van der Waals surface area contributed by atoms with Crippen molar-refractivity contribution in [3.63, 3.8) is 0 Å². The lowest BCUT2D eigenvalue weighted by atomic mass is 9.83. The molecule has 34 heavy (non-hydrogen) atoms. The third-order valence-corrected chi connectivity index (χ3v) is 6.84. The van der Waals surface area contributed by atoms with Crippen LogP contribution in [0.1, 0.15) is 56.4 Å². The van der Waals surface area contributed by atoms with E-state index in [9.17, 15) is 9.59 Å². The summed E-state index contributed by atoms with van der Waals surface area (Å²) in [4.78, 5) is 26.0. The van der Waals surface area contributed by atoms with Crippen molar-refractivity contribution in [2.45, 2.75) is 58.7 Å². The fourth-order valence-corrected chi connectivity index (χ4v) is 5.25. The molecule has 0 aliphatic carbocycles. The van der Waals surface area contributed by atoms with Crippen LogP contribution in [0.25, 0.3) is 0 Å². The van der Waals surface area contributed by atoms with Crippen LogP contribution in [0.3, 0.4) is 0 Å². The lowest BCUT2D eigenvalue weighted by molar-refractivity contribution is -0.134. The summed E-state index contributed by atoms with van der Waals surface area (Å²) in [6, 6.07) is 12.1. The second-order valence-electron chi connectivity index (χ2n) is 9.06. The van der Waals surface area contributed by atoms with E-state index < -0.39 is 11.9 Å². The van der Waals surface area contributed by atoms with Gasteiger partial charge in [-0.05, 0) is 48.4 Å². The number of anilines is 1. The summed E-state index contributed by atoms with van der Waals surface area (Å²) >= 11 is 0. The zero-order valence-corrected chi connectivity index (χ0v) is 20.2. The molecule has 7 heteroatoms. The SMILES string of the molecule is CCc1ccccc1N1CCC([C@@H]2Cc3c(ccc(OC(C)=O)c3OC(C)=O)[C@H](CN)O2)CC1. The molecular weight excluding hydrogens is 432 g/mol. The van der Waals surface area contributed by atoms with E-state index in [4.69, 9.17) is 19.9 Å². The van der Waals surface area contributed by atoms with Crippen molar-refractivity contribution in [1.29, 1.82) is 0 Å². The smallest absolute Gasteiger partial charge is 0.308 e. The molecule has 7 nitrogen and oxygen atoms in total. The first-order chi connectivity index (χ1) is 16.4. The molecule has 2 aromatic rings. The Hall–Kier alpha value is -2.90. The minimum atomic E-state index is -0.466.